The predicted octanol–water partition coefficient (Wildman–Crippen LogP) is 15.3. The van der Waals surface area contributed by atoms with Crippen LogP contribution in [0.1, 0.15) is 44.5 Å². The Morgan fingerprint density at radius 1 is 0.242 bits per heavy atom. The second-order valence-corrected chi connectivity index (χ2v) is 17.9. The molecule has 0 aliphatic heterocycles. The van der Waals surface area contributed by atoms with E-state index in [2.05, 4.69) is 237 Å². The first kappa shape index (κ1) is 37.0. The van der Waals surface area contributed by atoms with Crippen LogP contribution in [0.2, 0.25) is 0 Å². The highest BCUT2D eigenvalue weighted by Gasteiger charge is 2.58. The summed E-state index contributed by atoms with van der Waals surface area (Å²) in [4.78, 5) is 10.6. The summed E-state index contributed by atoms with van der Waals surface area (Å²) in [5.41, 5.74) is 22.0. The van der Waals surface area contributed by atoms with Gasteiger partial charge >= 0.3 is 0 Å². The van der Waals surface area contributed by atoms with Crippen molar-refractivity contribution in [2.45, 2.75) is 10.8 Å². The van der Waals surface area contributed by atoms with Crippen molar-refractivity contribution in [1.29, 1.82) is 0 Å². The van der Waals surface area contributed by atoms with Crippen LogP contribution in [0.15, 0.2) is 243 Å². The summed E-state index contributed by atoms with van der Waals surface area (Å²) in [6, 6.07) is 89.5. The molecule has 0 amide bonds. The first-order valence-corrected chi connectivity index (χ1v) is 22.9. The van der Waals surface area contributed by atoms with Gasteiger partial charge in [0.2, 0.25) is 0 Å². The van der Waals surface area contributed by atoms with Gasteiger partial charge in [-0.15, -0.1) is 0 Å². The molecule has 0 atom stereocenters. The van der Waals surface area contributed by atoms with Gasteiger partial charge < -0.3 is 0 Å². The minimum Gasteiger partial charge on any atom is -0.228 e. The molecular weight excluding hydrogens is 797 g/mol. The number of benzene rings is 10. The largest absolute Gasteiger partial charge is 0.228 e. The lowest BCUT2D eigenvalue weighted by Crippen LogP contribution is -2.43. The number of hydrogen-bond donors (Lipinski definition) is 0. The fourth-order valence-electron chi connectivity index (χ4n) is 12.3. The lowest BCUT2D eigenvalue weighted by atomic mass is 9.52. The molecule has 0 saturated carbocycles. The van der Waals surface area contributed by atoms with Gasteiger partial charge in [-0.3, -0.25) is 0 Å². The lowest BCUT2D eigenvalue weighted by Gasteiger charge is -2.48. The third-order valence-corrected chi connectivity index (χ3v) is 14.8. The molecular formula is C64H40N2. The maximum absolute atomic E-state index is 5.35. The Balaban J connectivity index is 0.995. The van der Waals surface area contributed by atoms with Crippen LogP contribution in [0.3, 0.4) is 0 Å². The summed E-state index contributed by atoms with van der Waals surface area (Å²) < 4.78 is 0. The van der Waals surface area contributed by atoms with Crippen molar-refractivity contribution in [3.05, 3.63) is 287 Å². The molecule has 0 saturated heterocycles. The van der Waals surface area contributed by atoms with Gasteiger partial charge in [0, 0.05) is 16.7 Å². The first-order valence-electron chi connectivity index (χ1n) is 22.9. The van der Waals surface area contributed by atoms with Crippen molar-refractivity contribution >= 4 is 10.8 Å². The molecule has 0 bridgehead atoms. The van der Waals surface area contributed by atoms with Crippen LogP contribution in [0.5, 0.6) is 0 Å². The highest BCUT2D eigenvalue weighted by Crippen LogP contribution is 2.67. The van der Waals surface area contributed by atoms with E-state index in [1.807, 2.05) is 6.07 Å². The molecule has 1 heterocycles. The van der Waals surface area contributed by atoms with Gasteiger partial charge in [0.15, 0.2) is 5.82 Å². The monoisotopic (exact) mass is 836 g/mol. The van der Waals surface area contributed by atoms with E-state index in [9.17, 15) is 0 Å². The fraction of sp³-hybridized carbons (Fsp3) is 0.0312. The van der Waals surface area contributed by atoms with E-state index < -0.39 is 10.8 Å². The molecule has 0 fully saturated rings. The van der Waals surface area contributed by atoms with E-state index in [1.54, 1.807) is 0 Å². The number of aromatic nitrogens is 2. The zero-order valence-electron chi connectivity index (χ0n) is 36.0. The van der Waals surface area contributed by atoms with Gasteiger partial charge in [0.1, 0.15) is 0 Å². The second-order valence-electron chi connectivity index (χ2n) is 17.9. The highest BCUT2D eigenvalue weighted by atomic mass is 14.9. The predicted molar refractivity (Wildman–Crippen MR) is 269 cm³/mol. The molecule has 66 heavy (non-hydrogen) atoms. The number of fused-ring (bicyclic) bond motifs is 17. The quantitative estimate of drug-likeness (QED) is 0.176. The second kappa shape index (κ2) is 14.0. The SMILES string of the molecule is c1ccc(-c2nc(-c3ccccc3-c3ccc4c(c3)-c3ccccc3C43c4ccccc4C4(c5ccccc5-c5ccccc54)c4ccccc43)cc(-c3cccc4ccccc34)n2)cc1. The summed E-state index contributed by atoms with van der Waals surface area (Å²) in [6.07, 6.45) is 0. The Kier molecular flexibility index (Phi) is 7.85. The van der Waals surface area contributed by atoms with Crippen LogP contribution in [0, 0.1) is 0 Å². The van der Waals surface area contributed by atoms with Crippen molar-refractivity contribution in [3.63, 3.8) is 0 Å². The molecule has 1 aromatic heterocycles. The first-order chi connectivity index (χ1) is 32.7. The van der Waals surface area contributed by atoms with Crippen LogP contribution in [0.4, 0.5) is 0 Å². The van der Waals surface area contributed by atoms with Gasteiger partial charge in [-0.1, -0.05) is 231 Å². The van der Waals surface area contributed by atoms with E-state index in [1.165, 1.54) is 77.5 Å². The Bertz CT molecular complexity index is 3690. The lowest BCUT2D eigenvalue weighted by molar-refractivity contribution is 0.633. The molecule has 2 heteroatoms. The molecule has 0 N–H and O–H groups in total. The van der Waals surface area contributed by atoms with Crippen molar-refractivity contribution in [1.82, 2.24) is 9.97 Å². The Morgan fingerprint density at radius 2 is 0.652 bits per heavy atom. The molecule has 0 radical (unpaired) electrons. The topological polar surface area (TPSA) is 25.8 Å². The molecule has 0 unspecified atom stereocenters. The zero-order valence-corrected chi connectivity index (χ0v) is 36.0. The smallest absolute Gasteiger partial charge is 0.160 e. The molecule has 11 aromatic rings. The van der Waals surface area contributed by atoms with Crippen molar-refractivity contribution in [2.24, 2.45) is 0 Å². The maximum atomic E-state index is 5.35. The van der Waals surface area contributed by atoms with E-state index in [4.69, 9.17) is 9.97 Å². The molecule has 306 valence electrons. The summed E-state index contributed by atoms with van der Waals surface area (Å²) in [7, 11) is 0. The summed E-state index contributed by atoms with van der Waals surface area (Å²) in [6.45, 7) is 0. The van der Waals surface area contributed by atoms with Crippen molar-refractivity contribution in [2.75, 3.05) is 0 Å². The minimum atomic E-state index is -0.542. The number of hydrogen-bond acceptors (Lipinski definition) is 2. The van der Waals surface area contributed by atoms with Gasteiger partial charge in [-0.2, -0.15) is 0 Å². The van der Waals surface area contributed by atoms with Gasteiger partial charge in [-0.05, 0) is 101 Å². The average Bonchev–Trinajstić information content (AvgIpc) is 3.86. The standard InChI is InChI=1S/C64H40N2/c1-2-20-42(21-3-1)62-65-60(40-61(66-62)50-29-18-22-41-19-4-5-23-44(41)50)49-28-7-6-24-45(49)43-37-38-55-51(39-43)48-27-10-13-32-54(48)64(55)58-35-16-14-33-56(58)63(57-34-15-17-36-59(57)64)52-30-11-8-25-46(52)47-26-9-12-31-53(47)63/h1-40H. The third-order valence-electron chi connectivity index (χ3n) is 14.8. The van der Waals surface area contributed by atoms with Crippen LogP contribution in [0.25, 0.3) is 78.1 Å². The van der Waals surface area contributed by atoms with E-state index in [0.29, 0.717) is 5.82 Å². The molecule has 3 aliphatic carbocycles. The van der Waals surface area contributed by atoms with E-state index in [0.717, 1.165) is 39.2 Å². The Morgan fingerprint density at radius 3 is 1.24 bits per heavy atom. The summed E-state index contributed by atoms with van der Waals surface area (Å²) in [5.74, 6) is 0.704. The number of nitrogens with zero attached hydrogens (tertiary/aromatic N) is 2. The minimum absolute atomic E-state index is 0.469. The van der Waals surface area contributed by atoms with Gasteiger partial charge in [-0.25, -0.2) is 9.97 Å². The highest BCUT2D eigenvalue weighted by molar-refractivity contribution is 5.98. The number of rotatable bonds is 4. The van der Waals surface area contributed by atoms with Crippen molar-refractivity contribution in [3.8, 4) is 67.3 Å². The van der Waals surface area contributed by atoms with Crippen LogP contribution in [-0.2, 0) is 10.8 Å². The maximum Gasteiger partial charge on any atom is 0.160 e. The fourth-order valence-corrected chi connectivity index (χ4v) is 12.3. The van der Waals surface area contributed by atoms with E-state index in [-0.39, 0.29) is 0 Å². The average molecular weight is 837 g/mol. The zero-order chi connectivity index (χ0) is 43.4. The van der Waals surface area contributed by atoms with Crippen LogP contribution >= 0.6 is 0 Å². The van der Waals surface area contributed by atoms with Gasteiger partial charge in [0.25, 0.3) is 0 Å². The normalized spacial score (nSPS) is 14.0. The Labute approximate surface area is 384 Å². The Hall–Kier alpha value is -8.46. The summed E-state index contributed by atoms with van der Waals surface area (Å²) >= 11 is 0. The molecule has 3 aliphatic rings. The molecule has 14 rings (SSSR count). The molecule has 10 aromatic carbocycles. The summed E-state index contributed by atoms with van der Waals surface area (Å²) in [5, 5.41) is 2.35. The van der Waals surface area contributed by atoms with Crippen LogP contribution < -0.4 is 0 Å². The molecule has 2 nitrogen and oxygen atoms in total. The van der Waals surface area contributed by atoms with Crippen molar-refractivity contribution < 1.29 is 0 Å². The van der Waals surface area contributed by atoms with Gasteiger partial charge in [0.05, 0.1) is 22.2 Å². The molecule has 2 spiro atoms. The van der Waals surface area contributed by atoms with E-state index >= 15 is 0 Å². The van der Waals surface area contributed by atoms with Crippen LogP contribution in [-0.4, -0.2) is 9.97 Å². The third kappa shape index (κ3) is 4.90.